The van der Waals surface area contributed by atoms with E-state index in [-0.39, 0.29) is 0 Å². The van der Waals surface area contributed by atoms with Crippen molar-refractivity contribution in [2.45, 2.75) is 45.1 Å². The van der Waals surface area contributed by atoms with Crippen LogP contribution in [0.1, 0.15) is 39.5 Å². The number of nitrogens with one attached hydrogen (secondary N) is 2. The molecule has 2 rings (SSSR count). The molecular formula is C15H21N3O5. The maximum atomic E-state index is 12.5. The average molecular weight is 323 g/mol. The van der Waals surface area contributed by atoms with E-state index in [4.69, 9.17) is 0 Å². The fourth-order valence-electron chi connectivity index (χ4n) is 2.79. The molecule has 1 spiro atoms. The molecule has 0 radical (unpaired) electrons. The molecule has 1 aliphatic carbocycles. The number of nitrogens with zero attached hydrogens (tertiary/aromatic N) is 1. The van der Waals surface area contributed by atoms with Gasteiger partial charge >= 0.3 is 12.0 Å². The molecule has 2 aliphatic rings. The third kappa shape index (κ3) is 3.69. The predicted octanol–water partition coefficient (Wildman–Crippen LogP) is 0.638. The van der Waals surface area contributed by atoms with Crippen LogP contribution >= 0.6 is 0 Å². The van der Waals surface area contributed by atoms with E-state index in [2.05, 4.69) is 22.4 Å². The van der Waals surface area contributed by atoms with Gasteiger partial charge in [0, 0.05) is 6.08 Å². The van der Waals surface area contributed by atoms with Gasteiger partial charge in [0.1, 0.15) is 5.54 Å². The Labute approximate surface area is 134 Å². The Hall–Kier alpha value is -2.38. The molecule has 23 heavy (non-hydrogen) atoms. The summed E-state index contributed by atoms with van der Waals surface area (Å²) in [7, 11) is 0. The van der Waals surface area contributed by atoms with Crippen molar-refractivity contribution in [2.75, 3.05) is 6.61 Å². The maximum absolute atomic E-state index is 12.5. The van der Waals surface area contributed by atoms with Gasteiger partial charge in [0.15, 0.2) is 6.61 Å². The maximum Gasteiger partial charge on any atom is 0.344 e. The second-order valence-electron chi connectivity index (χ2n) is 5.98. The van der Waals surface area contributed by atoms with E-state index in [1.165, 1.54) is 12.2 Å². The Morgan fingerprint density at radius 3 is 2.65 bits per heavy atom. The summed E-state index contributed by atoms with van der Waals surface area (Å²) in [5.41, 5.74) is 1.27. The standard InChI is InChI=1S/C15H21N3O5/c1-3-4-12(20)23-9-11(19)17-18-13(21)15(16-14(18)22)7-5-10(2)6-8-15/h3-4,10H,5-9H2,1-2H3,(H,16,22)(H,17,19)/b4-3+. The van der Waals surface area contributed by atoms with Gasteiger partial charge in [-0.1, -0.05) is 13.0 Å². The Bertz CT molecular complexity index is 549. The van der Waals surface area contributed by atoms with Crippen molar-refractivity contribution < 1.29 is 23.9 Å². The van der Waals surface area contributed by atoms with E-state index >= 15 is 0 Å². The molecule has 1 heterocycles. The largest absolute Gasteiger partial charge is 0.452 e. The first-order chi connectivity index (χ1) is 10.9. The SMILES string of the molecule is C/C=C/C(=O)OCC(=O)NN1C(=O)NC2(CCC(C)CC2)C1=O. The smallest absolute Gasteiger partial charge is 0.344 e. The molecule has 0 aromatic rings. The highest BCUT2D eigenvalue weighted by Gasteiger charge is 2.52. The first-order valence-corrected chi connectivity index (χ1v) is 7.63. The summed E-state index contributed by atoms with van der Waals surface area (Å²) < 4.78 is 4.67. The van der Waals surface area contributed by atoms with Crippen LogP contribution in [0.5, 0.6) is 0 Å². The monoisotopic (exact) mass is 323 g/mol. The number of hydrazine groups is 1. The number of amides is 4. The van der Waals surface area contributed by atoms with Crippen molar-refractivity contribution in [2.24, 2.45) is 5.92 Å². The van der Waals surface area contributed by atoms with E-state index < -0.39 is 36.0 Å². The molecule has 4 amide bonds. The fourth-order valence-corrected chi connectivity index (χ4v) is 2.79. The van der Waals surface area contributed by atoms with Crippen LogP contribution in [0.15, 0.2) is 12.2 Å². The van der Waals surface area contributed by atoms with Crippen molar-refractivity contribution in [1.29, 1.82) is 0 Å². The van der Waals surface area contributed by atoms with Crippen LogP contribution in [0.3, 0.4) is 0 Å². The van der Waals surface area contributed by atoms with Gasteiger partial charge < -0.3 is 10.1 Å². The van der Waals surface area contributed by atoms with Gasteiger partial charge in [-0.25, -0.2) is 9.59 Å². The molecule has 0 aromatic carbocycles. The first kappa shape index (κ1) is 17.0. The predicted molar refractivity (Wildman–Crippen MR) is 79.7 cm³/mol. The third-order valence-electron chi connectivity index (χ3n) is 4.17. The normalized spacial score (nSPS) is 27.4. The molecule has 0 atom stereocenters. The van der Waals surface area contributed by atoms with Crippen LogP contribution in [0.4, 0.5) is 4.79 Å². The molecule has 8 heteroatoms. The quantitative estimate of drug-likeness (QED) is 0.449. The zero-order chi connectivity index (χ0) is 17.0. The molecule has 0 aromatic heterocycles. The van der Waals surface area contributed by atoms with Crippen LogP contribution in [0.25, 0.3) is 0 Å². The van der Waals surface area contributed by atoms with Crippen molar-refractivity contribution >= 4 is 23.8 Å². The molecule has 0 bridgehead atoms. The summed E-state index contributed by atoms with van der Waals surface area (Å²) in [6, 6.07) is -0.655. The number of hydrogen-bond acceptors (Lipinski definition) is 5. The Morgan fingerprint density at radius 1 is 1.39 bits per heavy atom. The molecule has 2 fully saturated rings. The van der Waals surface area contributed by atoms with Gasteiger partial charge in [-0.15, -0.1) is 0 Å². The highest BCUT2D eigenvalue weighted by Crippen LogP contribution is 2.35. The number of esters is 1. The Kier molecular flexibility index (Phi) is 5.02. The van der Waals surface area contributed by atoms with Gasteiger partial charge in [-0.3, -0.25) is 15.0 Å². The molecule has 8 nitrogen and oxygen atoms in total. The van der Waals surface area contributed by atoms with Crippen LogP contribution < -0.4 is 10.7 Å². The van der Waals surface area contributed by atoms with Crippen LogP contribution in [-0.4, -0.2) is 41.0 Å². The van der Waals surface area contributed by atoms with E-state index in [1.807, 2.05) is 0 Å². The molecular weight excluding hydrogens is 302 g/mol. The molecule has 1 aliphatic heterocycles. The minimum atomic E-state index is -0.918. The van der Waals surface area contributed by atoms with E-state index in [1.54, 1.807) is 6.92 Å². The number of carbonyl (C=O) groups excluding carboxylic acids is 4. The lowest BCUT2D eigenvalue weighted by atomic mass is 9.77. The van der Waals surface area contributed by atoms with E-state index in [0.29, 0.717) is 23.8 Å². The van der Waals surface area contributed by atoms with Crippen LogP contribution in [0, 0.1) is 5.92 Å². The number of carbonyl (C=O) groups is 4. The lowest BCUT2D eigenvalue weighted by Gasteiger charge is -2.33. The van der Waals surface area contributed by atoms with Crippen LogP contribution in [0.2, 0.25) is 0 Å². The summed E-state index contributed by atoms with van der Waals surface area (Å²) in [6.45, 7) is 3.18. The Balaban J connectivity index is 1.93. The fraction of sp³-hybridized carbons (Fsp3) is 0.600. The molecule has 0 unspecified atom stereocenters. The van der Waals surface area contributed by atoms with E-state index in [9.17, 15) is 19.2 Å². The van der Waals surface area contributed by atoms with Gasteiger partial charge in [0.05, 0.1) is 0 Å². The number of ether oxygens (including phenoxy) is 1. The molecule has 1 saturated carbocycles. The zero-order valence-corrected chi connectivity index (χ0v) is 13.3. The highest BCUT2D eigenvalue weighted by molar-refractivity contribution is 6.08. The molecule has 1 saturated heterocycles. The summed E-state index contributed by atoms with van der Waals surface area (Å²) >= 11 is 0. The van der Waals surface area contributed by atoms with Gasteiger partial charge in [-0.2, -0.15) is 5.01 Å². The van der Waals surface area contributed by atoms with Crippen LogP contribution in [-0.2, 0) is 19.1 Å². The van der Waals surface area contributed by atoms with Gasteiger partial charge in [-0.05, 0) is 38.5 Å². The van der Waals surface area contributed by atoms with Gasteiger partial charge in [0.25, 0.3) is 11.8 Å². The number of hydrogen-bond donors (Lipinski definition) is 2. The molecule has 126 valence electrons. The number of urea groups is 1. The van der Waals surface area contributed by atoms with Gasteiger partial charge in [0.2, 0.25) is 0 Å². The summed E-state index contributed by atoms with van der Waals surface area (Å²) in [5, 5.41) is 3.37. The minimum absolute atomic E-state index is 0.456. The lowest BCUT2D eigenvalue weighted by Crippen LogP contribution is -2.52. The number of allylic oxidation sites excluding steroid dienone is 1. The third-order valence-corrected chi connectivity index (χ3v) is 4.17. The average Bonchev–Trinajstić information content (AvgIpc) is 2.73. The lowest BCUT2D eigenvalue weighted by molar-refractivity contribution is -0.147. The summed E-state index contributed by atoms with van der Waals surface area (Å²) in [6.07, 6.45) is 5.44. The zero-order valence-electron chi connectivity index (χ0n) is 13.3. The second kappa shape index (κ2) is 6.80. The minimum Gasteiger partial charge on any atom is -0.452 e. The van der Waals surface area contributed by atoms with Crippen molar-refractivity contribution in [3.63, 3.8) is 0 Å². The summed E-state index contributed by atoms with van der Waals surface area (Å²) in [5.74, 6) is -1.35. The molecule has 2 N–H and O–H groups in total. The highest BCUT2D eigenvalue weighted by atomic mass is 16.5. The Morgan fingerprint density at radius 2 is 2.04 bits per heavy atom. The van der Waals surface area contributed by atoms with Crippen molar-refractivity contribution in [3.8, 4) is 0 Å². The summed E-state index contributed by atoms with van der Waals surface area (Å²) in [4.78, 5) is 47.3. The second-order valence-corrected chi connectivity index (χ2v) is 5.98. The topological polar surface area (TPSA) is 105 Å². The number of imide groups is 1. The first-order valence-electron chi connectivity index (χ1n) is 7.63. The van der Waals surface area contributed by atoms with Crippen molar-refractivity contribution in [1.82, 2.24) is 15.8 Å². The number of rotatable bonds is 4. The van der Waals surface area contributed by atoms with E-state index in [0.717, 1.165) is 12.8 Å². The van der Waals surface area contributed by atoms with Crippen molar-refractivity contribution in [3.05, 3.63) is 12.2 Å².